The van der Waals surface area contributed by atoms with E-state index in [0.29, 0.717) is 12.4 Å². The Kier molecular flexibility index (Phi) is 5.94. The number of aromatic amines is 1. The van der Waals surface area contributed by atoms with Gasteiger partial charge >= 0.3 is 0 Å². The largest absolute Gasteiger partial charge is 0.494 e. The van der Waals surface area contributed by atoms with Crippen molar-refractivity contribution in [3.05, 3.63) is 48.0 Å². The van der Waals surface area contributed by atoms with Crippen LogP contribution in [0.4, 0.5) is 5.69 Å². The van der Waals surface area contributed by atoms with E-state index in [1.54, 1.807) is 0 Å². The molecule has 4 rings (SSSR count). The van der Waals surface area contributed by atoms with E-state index in [1.165, 1.54) is 23.0 Å². The number of carbonyl (C=O) groups is 1. The molecule has 0 aliphatic carbocycles. The van der Waals surface area contributed by atoms with Gasteiger partial charge in [0.05, 0.1) is 23.4 Å². The van der Waals surface area contributed by atoms with E-state index in [4.69, 9.17) is 4.74 Å². The van der Waals surface area contributed by atoms with Gasteiger partial charge in [0.2, 0.25) is 5.91 Å². The number of carbonyl (C=O) groups excluding carboxylic acids is 1. The number of fused-ring (bicyclic) bond motifs is 1. The van der Waals surface area contributed by atoms with Gasteiger partial charge in [-0.15, -0.1) is 0 Å². The third-order valence-electron chi connectivity index (χ3n) is 5.07. The molecule has 6 nitrogen and oxygen atoms in total. The zero-order valence-corrected chi connectivity index (χ0v) is 17.7. The average Bonchev–Trinajstić information content (AvgIpc) is 3.14. The minimum absolute atomic E-state index is 0.161. The maximum absolute atomic E-state index is 12.6. The number of aryl methyl sites for hydroxylation is 1. The fourth-order valence-electron chi connectivity index (χ4n) is 3.55. The van der Waals surface area contributed by atoms with Gasteiger partial charge in [0, 0.05) is 37.9 Å². The molecule has 0 atom stereocenters. The molecule has 0 spiro atoms. The monoisotopic (exact) mass is 410 g/mol. The van der Waals surface area contributed by atoms with Crippen LogP contribution >= 0.6 is 11.8 Å². The Morgan fingerprint density at radius 3 is 2.76 bits per heavy atom. The molecule has 3 aromatic rings. The van der Waals surface area contributed by atoms with E-state index in [1.807, 2.05) is 30.0 Å². The lowest BCUT2D eigenvalue weighted by Gasteiger charge is -2.36. The maximum Gasteiger partial charge on any atom is 0.233 e. The number of benzene rings is 2. The Morgan fingerprint density at radius 2 is 2.00 bits per heavy atom. The molecule has 0 saturated carbocycles. The fraction of sp³-hybridized carbons (Fsp3) is 0.364. The van der Waals surface area contributed by atoms with Gasteiger partial charge in [-0.05, 0) is 43.7 Å². The summed E-state index contributed by atoms with van der Waals surface area (Å²) in [4.78, 5) is 24.8. The summed E-state index contributed by atoms with van der Waals surface area (Å²) in [5, 5.41) is 0.764. The number of nitrogens with zero attached hydrogens (tertiary/aromatic N) is 3. The molecule has 1 fully saturated rings. The lowest BCUT2D eigenvalue weighted by atomic mass is 10.2. The van der Waals surface area contributed by atoms with Crippen molar-refractivity contribution in [2.45, 2.75) is 19.0 Å². The van der Waals surface area contributed by atoms with Gasteiger partial charge in [-0.2, -0.15) is 0 Å². The maximum atomic E-state index is 12.6. The molecule has 1 aliphatic heterocycles. The zero-order valence-electron chi connectivity index (χ0n) is 16.9. The van der Waals surface area contributed by atoms with Crippen LogP contribution in [0.15, 0.2) is 47.6 Å². The number of ether oxygens (including phenoxy) is 1. The topological polar surface area (TPSA) is 61.5 Å². The molecule has 0 bridgehead atoms. The van der Waals surface area contributed by atoms with Crippen molar-refractivity contribution in [2.75, 3.05) is 43.4 Å². The van der Waals surface area contributed by atoms with Crippen molar-refractivity contribution >= 4 is 34.4 Å². The van der Waals surface area contributed by atoms with Crippen molar-refractivity contribution in [2.24, 2.45) is 0 Å². The van der Waals surface area contributed by atoms with Crippen LogP contribution in [0, 0.1) is 6.92 Å². The van der Waals surface area contributed by atoms with Crippen LogP contribution in [0.1, 0.15) is 12.5 Å². The minimum Gasteiger partial charge on any atom is -0.494 e. The molecule has 2 heterocycles. The Bertz CT molecular complexity index is 995. The van der Waals surface area contributed by atoms with Crippen LogP contribution in [-0.2, 0) is 4.79 Å². The first kappa shape index (κ1) is 19.6. The predicted octanol–water partition coefficient (Wildman–Crippen LogP) is 3.71. The number of amides is 1. The average molecular weight is 411 g/mol. The molecule has 0 unspecified atom stereocenters. The number of piperazine rings is 1. The Morgan fingerprint density at radius 1 is 1.17 bits per heavy atom. The lowest BCUT2D eigenvalue weighted by molar-refractivity contribution is -0.128. The summed E-state index contributed by atoms with van der Waals surface area (Å²) in [5.74, 6) is 1.37. The van der Waals surface area contributed by atoms with E-state index in [2.05, 4.69) is 46.1 Å². The molecular weight excluding hydrogens is 384 g/mol. The van der Waals surface area contributed by atoms with E-state index >= 15 is 0 Å². The third kappa shape index (κ3) is 4.67. The van der Waals surface area contributed by atoms with Crippen LogP contribution in [-0.4, -0.2) is 59.3 Å². The fourth-order valence-corrected chi connectivity index (χ4v) is 4.34. The summed E-state index contributed by atoms with van der Waals surface area (Å²) >= 11 is 1.45. The summed E-state index contributed by atoms with van der Waals surface area (Å²) in [6.07, 6.45) is 0. The van der Waals surface area contributed by atoms with Crippen LogP contribution in [0.3, 0.4) is 0 Å². The highest BCUT2D eigenvalue weighted by Crippen LogP contribution is 2.24. The number of rotatable bonds is 6. The van der Waals surface area contributed by atoms with Gasteiger partial charge in [0.15, 0.2) is 5.16 Å². The highest BCUT2D eigenvalue weighted by Gasteiger charge is 2.21. The van der Waals surface area contributed by atoms with Crippen molar-refractivity contribution in [3.63, 3.8) is 0 Å². The predicted molar refractivity (Wildman–Crippen MR) is 118 cm³/mol. The Balaban J connectivity index is 1.30. The highest BCUT2D eigenvalue weighted by atomic mass is 32.2. The van der Waals surface area contributed by atoms with Gasteiger partial charge in [-0.1, -0.05) is 23.9 Å². The second kappa shape index (κ2) is 8.78. The van der Waals surface area contributed by atoms with Gasteiger partial charge in [-0.3, -0.25) is 4.79 Å². The highest BCUT2D eigenvalue weighted by molar-refractivity contribution is 7.99. The van der Waals surface area contributed by atoms with E-state index in [9.17, 15) is 4.79 Å². The van der Waals surface area contributed by atoms with Gasteiger partial charge in [-0.25, -0.2) is 4.98 Å². The van der Waals surface area contributed by atoms with Gasteiger partial charge < -0.3 is 19.5 Å². The number of anilines is 1. The molecule has 1 aliphatic rings. The smallest absolute Gasteiger partial charge is 0.233 e. The quantitative estimate of drug-likeness (QED) is 0.628. The van der Waals surface area contributed by atoms with Crippen LogP contribution in [0.25, 0.3) is 11.0 Å². The number of hydrogen-bond acceptors (Lipinski definition) is 5. The van der Waals surface area contributed by atoms with E-state index in [0.717, 1.165) is 48.1 Å². The van der Waals surface area contributed by atoms with E-state index in [-0.39, 0.29) is 5.91 Å². The molecular formula is C22H26N4O2S. The summed E-state index contributed by atoms with van der Waals surface area (Å²) in [7, 11) is 0. The summed E-state index contributed by atoms with van der Waals surface area (Å²) < 4.78 is 5.53. The van der Waals surface area contributed by atoms with Crippen molar-refractivity contribution < 1.29 is 9.53 Å². The van der Waals surface area contributed by atoms with E-state index < -0.39 is 0 Å². The normalized spacial score (nSPS) is 14.4. The number of imidazole rings is 1. The van der Waals surface area contributed by atoms with Crippen molar-refractivity contribution in [1.82, 2.24) is 14.9 Å². The standard InChI is InChI=1S/C22H26N4O2S/c1-3-28-18-7-8-19-20(14-18)24-22(23-19)29-15-21(27)26-11-9-25(10-12-26)17-6-4-5-16(2)13-17/h4-8,13-14H,3,9-12,15H2,1-2H3,(H,23,24). The molecule has 2 aromatic carbocycles. The Labute approximate surface area is 175 Å². The van der Waals surface area contributed by atoms with Crippen LogP contribution in [0.5, 0.6) is 5.75 Å². The van der Waals surface area contributed by atoms with Crippen molar-refractivity contribution in [1.29, 1.82) is 0 Å². The second-order valence-electron chi connectivity index (χ2n) is 7.15. The number of nitrogens with one attached hydrogen (secondary N) is 1. The van der Waals surface area contributed by atoms with Crippen LogP contribution in [0.2, 0.25) is 0 Å². The molecule has 7 heteroatoms. The third-order valence-corrected chi connectivity index (χ3v) is 5.93. The number of hydrogen-bond donors (Lipinski definition) is 1. The SMILES string of the molecule is CCOc1ccc2nc(SCC(=O)N3CCN(c4cccc(C)c4)CC3)[nH]c2c1. The van der Waals surface area contributed by atoms with Gasteiger partial charge in [0.25, 0.3) is 0 Å². The van der Waals surface area contributed by atoms with Crippen molar-refractivity contribution in [3.8, 4) is 5.75 Å². The molecule has 152 valence electrons. The lowest BCUT2D eigenvalue weighted by Crippen LogP contribution is -2.49. The number of thioether (sulfide) groups is 1. The first-order chi connectivity index (χ1) is 14.1. The first-order valence-electron chi connectivity index (χ1n) is 9.97. The number of aromatic nitrogens is 2. The van der Waals surface area contributed by atoms with Crippen LogP contribution < -0.4 is 9.64 Å². The number of H-pyrrole nitrogens is 1. The summed E-state index contributed by atoms with van der Waals surface area (Å²) in [5.41, 5.74) is 4.31. The molecule has 1 saturated heterocycles. The first-order valence-corrected chi connectivity index (χ1v) is 11.0. The summed E-state index contributed by atoms with van der Waals surface area (Å²) in [6, 6.07) is 14.3. The molecule has 1 amide bonds. The molecule has 29 heavy (non-hydrogen) atoms. The van der Waals surface area contributed by atoms with Gasteiger partial charge in [0.1, 0.15) is 5.75 Å². The minimum atomic E-state index is 0.161. The zero-order chi connectivity index (χ0) is 20.2. The molecule has 1 N–H and O–H groups in total. The second-order valence-corrected chi connectivity index (χ2v) is 8.11. The molecule has 1 aromatic heterocycles. The molecule has 0 radical (unpaired) electrons. The Hall–Kier alpha value is -2.67. The summed E-state index contributed by atoms with van der Waals surface area (Å²) in [6.45, 7) is 7.94.